The standard InChI is InChI=1S/C18H38N4O3S.HI/c1-4-19-18(21-13-17(8-10-23)12-15(2)3)20-9-11-26(24,25)22-14-16-6-5-7-16;/h15-17,22-23H,4-14H2,1-3H3,(H2,19,20,21);1H. The Hall–Kier alpha value is -0.130. The van der Waals surface area contributed by atoms with Crippen LogP contribution in [0.4, 0.5) is 0 Å². The van der Waals surface area contributed by atoms with Crippen molar-refractivity contribution < 1.29 is 13.5 Å². The average Bonchev–Trinajstić information content (AvgIpc) is 2.50. The van der Waals surface area contributed by atoms with Gasteiger partial charge in [-0.2, -0.15) is 0 Å². The van der Waals surface area contributed by atoms with Crippen molar-refractivity contribution in [2.24, 2.45) is 22.7 Å². The number of halogens is 1. The fourth-order valence-electron chi connectivity index (χ4n) is 3.01. The number of nitrogens with one attached hydrogen (secondary N) is 3. The van der Waals surface area contributed by atoms with E-state index in [2.05, 4.69) is 34.2 Å². The van der Waals surface area contributed by atoms with Crippen LogP contribution in [0, 0.1) is 17.8 Å². The summed E-state index contributed by atoms with van der Waals surface area (Å²) in [4.78, 5) is 4.57. The fourth-order valence-corrected chi connectivity index (χ4v) is 4.02. The van der Waals surface area contributed by atoms with Crippen molar-refractivity contribution in [3.63, 3.8) is 0 Å². The van der Waals surface area contributed by atoms with E-state index in [1.165, 1.54) is 6.42 Å². The Morgan fingerprint density at radius 1 is 1.26 bits per heavy atom. The highest BCUT2D eigenvalue weighted by Gasteiger charge is 2.20. The van der Waals surface area contributed by atoms with Gasteiger partial charge in [-0.05, 0) is 50.4 Å². The molecule has 4 N–H and O–H groups in total. The Kier molecular flexibility index (Phi) is 14.7. The summed E-state index contributed by atoms with van der Waals surface area (Å²) >= 11 is 0. The third-order valence-electron chi connectivity index (χ3n) is 4.67. The van der Waals surface area contributed by atoms with E-state index in [-0.39, 0.29) is 36.3 Å². The van der Waals surface area contributed by atoms with Gasteiger partial charge in [0.1, 0.15) is 0 Å². The Morgan fingerprint density at radius 3 is 2.48 bits per heavy atom. The van der Waals surface area contributed by atoms with E-state index in [4.69, 9.17) is 0 Å². The number of rotatable bonds is 13. The van der Waals surface area contributed by atoms with Gasteiger partial charge >= 0.3 is 0 Å². The van der Waals surface area contributed by atoms with Crippen LogP contribution in [0.5, 0.6) is 0 Å². The SMILES string of the molecule is CCNC(=NCC(CCO)CC(C)C)NCCS(=O)(=O)NCC1CCC1.I. The molecule has 1 aliphatic rings. The predicted octanol–water partition coefficient (Wildman–Crippen LogP) is 1.92. The number of hydrogen-bond acceptors (Lipinski definition) is 4. The van der Waals surface area contributed by atoms with Gasteiger partial charge in [-0.25, -0.2) is 13.1 Å². The van der Waals surface area contributed by atoms with Gasteiger partial charge in [0.25, 0.3) is 0 Å². The van der Waals surface area contributed by atoms with Crippen molar-refractivity contribution >= 4 is 40.0 Å². The lowest BCUT2D eigenvalue weighted by atomic mass is 9.86. The van der Waals surface area contributed by atoms with Crippen molar-refractivity contribution in [3.8, 4) is 0 Å². The summed E-state index contributed by atoms with van der Waals surface area (Å²) in [5, 5.41) is 15.5. The summed E-state index contributed by atoms with van der Waals surface area (Å²) in [6.45, 7) is 8.70. The summed E-state index contributed by atoms with van der Waals surface area (Å²) in [5.74, 6) is 2.08. The number of aliphatic hydroxyl groups is 1. The number of guanidine groups is 1. The molecule has 0 spiro atoms. The smallest absolute Gasteiger partial charge is 0.213 e. The van der Waals surface area contributed by atoms with Gasteiger partial charge in [0.05, 0.1) is 5.75 Å². The fraction of sp³-hybridized carbons (Fsp3) is 0.944. The van der Waals surface area contributed by atoms with Crippen LogP contribution in [0.15, 0.2) is 4.99 Å². The van der Waals surface area contributed by atoms with Crippen LogP contribution in [0.25, 0.3) is 0 Å². The molecule has 1 unspecified atom stereocenters. The van der Waals surface area contributed by atoms with Crippen molar-refractivity contribution in [1.82, 2.24) is 15.4 Å². The van der Waals surface area contributed by atoms with Gasteiger partial charge in [0.2, 0.25) is 10.0 Å². The summed E-state index contributed by atoms with van der Waals surface area (Å²) in [6.07, 6.45) is 5.22. The van der Waals surface area contributed by atoms with E-state index in [1.54, 1.807) is 0 Å². The Morgan fingerprint density at radius 2 is 1.96 bits per heavy atom. The summed E-state index contributed by atoms with van der Waals surface area (Å²) in [6, 6.07) is 0. The Balaban J connectivity index is 0.00000676. The highest BCUT2D eigenvalue weighted by molar-refractivity contribution is 14.0. The maximum absolute atomic E-state index is 12.0. The van der Waals surface area contributed by atoms with Crippen LogP contribution in [0.3, 0.4) is 0 Å². The number of aliphatic hydroxyl groups excluding tert-OH is 1. The largest absolute Gasteiger partial charge is 0.396 e. The van der Waals surface area contributed by atoms with E-state index >= 15 is 0 Å². The quantitative estimate of drug-likeness (QED) is 0.170. The Labute approximate surface area is 182 Å². The molecule has 1 atom stereocenters. The minimum atomic E-state index is -3.25. The van der Waals surface area contributed by atoms with Crippen molar-refractivity contribution in [2.45, 2.75) is 52.9 Å². The van der Waals surface area contributed by atoms with Crippen molar-refractivity contribution in [1.29, 1.82) is 0 Å². The Bertz CT molecular complexity index is 511. The topological polar surface area (TPSA) is 103 Å². The molecular formula is C18H39IN4O3S. The number of sulfonamides is 1. The van der Waals surface area contributed by atoms with Crippen LogP contribution in [-0.4, -0.2) is 58.0 Å². The second-order valence-electron chi connectivity index (χ2n) is 7.62. The van der Waals surface area contributed by atoms with Crippen LogP contribution in [-0.2, 0) is 10.0 Å². The van der Waals surface area contributed by atoms with Crippen LogP contribution >= 0.6 is 24.0 Å². The average molecular weight is 519 g/mol. The maximum Gasteiger partial charge on any atom is 0.213 e. The van der Waals surface area contributed by atoms with Gasteiger partial charge in [0, 0.05) is 32.8 Å². The van der Waals surface area contributed by atoms with Gasteiger partial charge in [-0.1, -0.05) is 20.3 Å². The first-order valence-corrected chi connectivity index (χ1v) is 11.6. The minimum Gasteiger partial charge on any atom is -0.396 e. The summed E-state index contributed by atoms with van der Waals surface area (Å²) in [5.41, 5.74) is 0. The molecule has 162 valence electrons. The second kappa shape index (κ2) is 14.8. The van der Waals surface area contributed by atoms with Gasteiger partial charge in [-0.15, -0.1) is 24.0 Å². The molecule has 0 aromatic heterocycles. The van der Waals surface area contributed by atoms with E-state index in [9.17, 15) is 13.5 Å². The predicted molar refractivity (Wildman–Crippen MR) is 123 cm³/mol. The van der Waals surface area contributed by atoms with Gasteiger partial charge in [-0.3, -0.25) is 4.99 Å². The van der Waals surface area contributed by atoms with E-state index in [1.807, 2.05) is 6.92 Å². The monoisotopic (exact) mass is 518 g/mol. The summed E-state index contributed by atoms with van der Waals surface area (Å²) < 4.78 is 26.8. The zero-order chi connectivity index (χ0) is 19.4. The molecule has 1 rings (SSSR count). The molecule has 1 fully saturated rings. The zero-order valence-corrected chi connectivity index (χ0v) is 20.2. The number of aliphatic imine (C=N–C) groups is 1. The van der Waals surface area contributed by atoms with Crippen molar-refractivity contribution in [3.05, 3.63) is 0 Å². The highest BCUT2D eigenvalue weighted by Crippen LogP contribution is 2.25. The molecule has 7 nitrogen and oxygen atoms in total. The molecule has 0 aliphatic heterocycles. The molecule has 9 heteroatoms. The molecule has 0 saturated heterocycles. The lowest BCUT2D eigenvalue weighted by molar-refractivity contribution is 0.245. The van der Waals surface area contributed by atoms with Crippen LogP contribution in [0.2, 0.25) is 0 Å². The lowest BCUT2D eigenvalue weighted by Gasteiger charge is -2.25. The van der Waals surface area contributed by atoms with Crippen LogP contribution in [0.1, 0.15) is 52.9 Å². The molecule has 0 aromatic carbocycles. The van der Waals surface area contributed by atoms with Crippen molar-refractivity contribution in [2.75, 3.05) is 38.5 Å². The molecule has 1 aliphatic carbocycles. The van der Waals surface area contributed by atoms with Gasteiger partial charge in [0.15, 0.2) is 5.96 Å². The molecular weight excluding hydrogens is 479 g/mol. The third kappa shape index (κ3) is 12.8. The molecule has 1 saturated carbocycles. The third-order valence-corrected chi connectivity index (χ3v) is 6.02. The molecule has 27 heavy (non-hydrogen) atoms. The first-order chi connectivity index (χ1) is 12.4. The highest BCUT2D eigenvalue weighted by atomic mass is 127. The molecule has 0 radical (unpaired) electrons. The second-order valence-corrected chi connectivity index (χ2v) is 9.54. The van der Waals surface area contributed by atoms with E-state index in [0.717, 1.165) is 25.7 Å². The first-order valence-electron chi connectivity index (χ1n) is 9.96. The molecule has 0 heterocycles. The molecule has 0 amide bonds. The minimum absolute atomic E-state index is 0. The zero-order valence-electron chi connectivity index (χ0n) is 17.0. The normalized spacial score (nSPS) is 16.6. The van der Waals surface area contributed by atoms with E-state index in [0.29, 0.717) is 49.9 Å². The maximum atomic E-state index is 12.0. The molecule has 0 bridgehead atoms. The number of hydrogen-bond donors (Lipinski definition) is 4. The summed E-state index contributed by atoms with van der Waals surface area (Å²) in [7, 11) is -3.25. The molecule has 0 aromatic rings. The first kappa shape index (κ1) is 26.9. The van der Waals surface area contributed by atoms with E-state index < -0.39 is 10.0 Å². The van der Waals surface area contributed by atoms with Crippen LogP contribution < -0.4 is 15.4 Å². The van der Waals surface area contributed by atoms with Gasteiger partial charge < -0.3 is 15.7 Å². The number of nitrogens with zero attached hydrogens (tertiary/aromatic N) is 1. The lowest BCUT2D eigenvalue weighted by Crippen LogP contribution is -2.42.